The van der Waals surface area contributed by atoms with Gasteiger partial charge < -0.3 is 29.2 Å². The summed E-state index contributed by atoms with van der Waals surface area (Å²) in [5.41, 5.74) is 14.2. The van der Waals surface area contributed by atoms with Crippen molar-refractivity contribution < 1.29 is 28.7 Å². The molecule has 4 bridgehead atoms. The fraction of sp³-hybridized carbons (Fsp3) is 0.469. The highest BCUT2D eigenvalue weighted by Crippen LogP contribution is 2.49. The van der Waals surface area contributed by atoms with Gasteiger partial charge in [-0.25, -0.2) is 19.6 Å². The summed E-state index contributed by atoms with van der Waals surface area (Å²) in [7, 11) is 2.78. The Morgan fingerprint density at radius 3 is 1.32 bits per heavy atom. The quantitative estimate of drug-likeness (QED) is 0.153. The minimum atomic E-state index is -0.492. The van der Waals surface area contributed by atoms with Gasteiger partial charge in [0.2, 0.25) is 11.8 Å². The van der Waals surface area contributed by atoms with Gasteiger partial charge in [0.25, 0.3) is 0 Å². The van der Waals surface area contributed by atoms with E-state index in [0.717, 1.165) is 124 Å². The van der Waals surface area contributed by atoms with E-state index in [1.807, 2.05) is 12.4 Å². The Labute approximate surface area is 457 Å². The highest BCUT2D eigenvalue weighted by molar-refractivity contribution is 5.88. The molecule has 0 radical (unpaired) electrons. The van der Waals surface area contributed by atoms with Gasteiger partial charge in [0.1, 0.15) is 23.7 Å². The van der Waals surface area contributed by atoms with Crippen molar-refractivity contribution in [2.45, 2.75) is 152 Å². The molecule has 78 heavy (non-hydrogen) atoms. The number of aryl methyl sites for hydroxylation is 4. The summed E-state index contributed by atoms with van der Waals surface area (Å²) in [5.74, 6) is 2.58. The van der Waals surface area contributed by atoms with E-state index in [4.69, 9.17) is 19.4 Å². The number of hydrogen-bond donors (Lipinski definition) is 2. The van der Waals surface area contributed by atoms with E-state index in [1.165, 1.54) is 71.6 Å². The number of aromatic amines is 2. The standard InChI is InChI=1S/C64H72N8O6/c1-77-63(75)69-31-7-13-55(69)61(73)71-53-11-5-3-9-47(53)35-57(71)59-65-37-51(67-59)45-27-23-43(24-28-45)49-33-39-15-19-41(49)21-17-40-16-20-42(22-18-39)50(34-40)44-25-29-46(30-26-44)52-38-66-60(68-52)58-36-48-10-4-6-12-54(48)72(58)62(74)56-14-8-32-70(56)64(76)78-2/h15-16,19-20,23-30,33-34,37-38,47-48,53-58H,3-14,17-18,21-22,31-32,35-36H2,1-2H3,(H,65,67)(H,66,68)/t47-,48-,53-,54-,55-,56-,57-,58-/m0/s1. The lowest BCUT2D eigenvalue weighted by atomic mass is 9.84. The molecule has 0 unspecified atom stereocenters. The molecule has 2 aromatic heterocycles. The molecule has 4 aromatic carbocycles. The maximum absolute atomic E-state index is 14.4. The molecule has 14 nitrogen and oxygen atoms in total. The number of methoxy groups -OCH3 is 2. The number of nitrogens with zero attached hydrogens (tertiary/aromatic N) is 6. The summed E-state index contributed by atoms with van der Waals surface area (Å²) < 4.78 is 10.2. The van der Waals surface area contributed by atoms with Gasteiger partial charge in [0.05, 0.1) is 50.1 Å². The molecule has 16 rings (SSSR count). The van der Waals surface area contributed by atoms with Crippen LogP contribution in [0.1, 0.15) is 136 Å². The monoisotopic (exact) mass is 1050 g/mol. The van der Waals surface area contributed by atoms with E-state index in [1.54, 1.807) is 9.80 Å². The molecule has 0 spiro atoms. The van der Waals surface area contributed by atoms with Gasteiger partial charge in [-0.3, -0.25) is 19.4 Å². The SMILES string of the molecule is COC(=O)N1CCC[C@H]1C(=O)N1[C@H](c2ncc(-c3ccc(-c4cc5ccc4CCc4ccc(c(-c6ccc(-c7cnc([C@@H]8C[C@@H]9CCCC[C@@H]9N8C(=O)[C@@H]8CCCN8C(=O)OC)[nH]7)cc6)c4)CC5)cc3)[nH]2)C[C@@H]2CCCC[C@@H]21. The van der Waals surface area contributed by atoms with Crippen LogP contribution in [0.5, 0.6) is 0 Å². The molecule has 2 N–H and O–H groups in total. The number of nitrogens with one attached hydrogen (secondary N) is 2. The van der Waals surface area contributed by atoms with E-state index in [-0.39, 0.29) is 36.0 Å². The third-order valence-corrected chi connectivity index (χ3v) is 19.1. The fourth-order valence-electron chi connectivity index (χ4n) is 15.2. The second kappa shape index (κ2) is 21.2. The maximum atomic E-state index is 14.4. The summed E-state index contributed by atoms with van der Waals surface area (Å²) in [6.45, 7) is 1.09. The van der Waals surface area contributed by atoms with Crippen LogP contribution in [0.15, 0.2) is 97.3 Å². The third-order valence-electron chi connectivity index (χ3n) is 19.1. The number of benzene rings is 4. The van der Waals surface area contributed by atoms with Crippen molar-refractivity contribution >= 4 is 24.0 Å². The normalized spacial score (nSPS) is 25.7. The molecule has 8 atom stereocenters. The number of aromatic nitrogens is 4. The van der Waals surface area contributed by atoms with Gasteiger partial charge in [-0.15, -0.1) is 0 Å². The van der Waals surface area contributed by atoms with Crippen LogP contribution in [-0.2, 0) is 44.7 Å². The molecule has 14 heteroatoms. The molecule has 4 amide bonds. The van der Waals surface area contributed by atoms with Crippen molar-refractivity contribution in [3.05, 3.63) is 131 Å². The summed E-state index contributed by atoms with van der Waals surface area (Å²) in [5, 5.41) is 0. The summed E-state index contributed by atoms with van der Waals surface area (Å²) in [4.78, 5) is 78.9. The lowest BCUT2D eigenvalue weighted by molar-refractivity contribution is -0.140. The zero-order valence-corrected chi connectivity index (χ0v) is 45.1. The average Bonchev–Trinajstić information content (AvgIpc) is 4.40. The molecule has 6 aliphatic carbocycles. The first-order chi connectivity index (χ1) is 38.2. The van der Waals surface area contributed by atoms with Crippen LogP contribution < -0.4 is 0 Å². The molecule has 4 saturated heterocycles. The van der Waals surface area contributed by atoms with E-state index in [0.29, 0.717) is 37.8 Å². The lowest BCUT2D eigenvalue weighted by Gasteiger charge is -2.36. The number of carbonyl (C=O) groups excluding carboxylic acids is 4. The van der Waals surface area contributed by atoms with Crippen molar-refractivity contribution in [2.24, 2.45) is 11.8 Å². The van der Waals surface area contributed by atoms with Gasteiger partial charge in [-0.1, -0.05) is 111 Å². The first kappa shape index (κ1) is 50.3. The van der Waals surface area contributed by atoms with Crippen LogP contribution in [0.25, 0.3) is 44.8 Å². The van der Waals surface area contributed by atoms with Crippen LogP contribution >= 0.6 is 0 Å². The predicted octanol–water partition coefficient (Wildman–Crippen LogP) is 11.8. The molecule has 2 saturated carbocycles. The van der Waals surface area contributed by atoms with Crippen molar-refractivity contribution in [2.75, 3.05) is 27.3 Å². The number of H-pyrrole nitrogens is 2. The second-order valence-corrected chi connectivity index (χ2v) is 23.4. The summed E-state index contributed by atoms with van der Waals surface area (Å²) >= 11 is 0. The zero-order chi connectivity index (χ0) is 53.0. The number of amides is 4. The number of ether oxygens (including phenoxy) is 2. The van der Waals surface area contributed by atoms with Gasteiger partial charge in [0.15, 0.2) is 0 Å². The minimum Gasteiger partial charge on any atom is -0.453 e. The van der Waals surface area contributed by atoms with E-state index < -0.39 is 24.3 Å². The first-order valence-corrected chi connectivity index (χ1v) is 29.1. The van der Waals surface area contributed by atoms with E-state index >= 15 is 0 Å². The smallest absolute Gasteiger partial charge is 0.410 e. The minimum absolute atomic E-state index is 0.0325. The molecule has 6 fully saturated rings. The highest BCUT2D eigenvalue weighted by atomic mass is 16.5. The highest BCUT2D eigenvalue weighted by Gasteiger charge is 2.51. The van der Waals surface area contributed by atoms with Crippen LogP contribution in [0.3, 0.4) is 0 Å². The summed E-state index contributed by atoms with van der Waals surface area (Å²) in [6.07, 6.45) is 20.1. The molecule has 404 valence electrons. The predicted molar refractivity (Wildman–Crippen MR) is 298 cm³/mol. The summed E-state index contributed by atoms with van der Waals surface area (Å²) in [6, 6.07) is 30.8. The fourth-order valence-corrected chi connectivity index (χ4v) is 15.2. The van der Waals surface area contributed by atoms with Crippen molar-refractivity contribution in [1.82, 2.24) is 39.5 Å². The van der Waals surface area contributed by atoms with Crippen molar-refractivity contribution in [3.63, 3.8) is 0 Å². The largest absolute Gasteiger partial charge is 0.453 e. The number of hydrogen-bond acceptors (Lipinski definition) is 8. The Morgan fingerprint density at radius 1 is 0.487 bits per heavy atom. The number of imidazole rings is 2. The molecule has 6 heterocycles. The number of likely N-dealkylation sites (tertiary alicyclic amines) is 4. The zero-order valence-electron chi connectivity index (χ0n) is 45.1. The Hall–Kier alpha value is -7.22. The average molecular weight is 1050 g/mol. The van der Waals surface area contributed by atoms with Gasteiger partial charge >= 0.3 is 12.2 Å². The molecular formula is C64H72N8O6. The topological polar surface area (TPSA) is 157 Å². The van der Waals surface area contributed by atoms with Crippen LogP contribution in [0.4, 0.5) is 9.59 Å². The first-order valence-electron chi connectivity index (χ1n) is 29.1. The number of fused-ring (bicyclic) bond motifs is 2. The molecule has 10 aliphatic rings. The van der Waals surface area contributed by atoms with E-state index in [9.17, 15) is 19.2 Å². The lowest BCUT2D eigenvalue weighted by Crippen LogP contribution is -2.51. The van der Waals surface area contributed by atoms with Crippen LogP contribution in [-0.4, -0.2) is 115 Å². The number of carbonyl (C=O) groups is 4. The molecular weight excluding hydrogens is 977 g/mol. The Balaban J connectivity index is 0.698. The molecule has 6 aromatic rings. The Morgan fingerprint density at radius 2 is 0.897 bits per heavy atom. The van der Waals surface area contributed by atoms with Gasteiger partial charge in [-0.2, -0.15) is 0 Å². The molecule has 4 aliphatic heterocycles. The van der Waals surface area contributed by atoms with Gasteiger partial charge in [0, 0.05) is 25.2 Å². The maximum Gasteiger partial charge on any atom is 0.410 e. The van der Waals surface area contributed by atoms with Crippen molar-refractivity contribution in [1.29, 1.82) is 0 Å². The Kier molecular flexibility index (Phi) is 13.7. The second-order valence-electron chi connectivity index (χ2n) is 23.4. The van der Waals surface area contributed by atoms with Crippen LogP contribution in [0.2, 0.25) is 0 Å². The van der Waals surface area contributed by atoms with Gasteiger partial charge in [-0.05, 0) is 157 Å². The van der Waals surface area contributed by atoms with E-state index in [2.05, 4.69) is 105 Å². The number of rotatable bonds is 8. The van der Waals surface area contributed by atoms with Crippen molar-refractivity contribution in [3.8, 4) is 44.8 Å². The van der Waals surface area contributed by atoms with Crippen LogP contribution in [0, 0.1) is 11.8 Å². The third kappa shape index (κ3) is 9.25. The Bertz CT molecular complexity index is 3010.